The molecule has 3 aromatic rings. The molecule has 2 aliphatic heterocycles. The van der Waals surface area contributed by atoms with E-state index in [2.05, 4.69) is 38.6 Å². The number of hydrogen-bond donors (Lipinski definition) is 2. The molecule has 0 atom stereocenters. The Morgan fingerprint density at radius 2 is 1.60 bits per heavy atom. The summed E-state index contributed by atoms with van der Waals surface area (Å²) in [5.41, 5.74) is 6.51. The predicted molar refractivity (Wildman–Crippen MR) is 176 cm³/mol. The van der Waals surface area contributed by atoms with Gasteiger partial charge in [0.25, 0.3) is 0 Å². The second kappa shape index (κ2) is 16.8. The molecule has 3 aromatic carbocycles. The second-order valence-corrected chi connectivity index (χ2v) is 11.5. The lowest BCUT2D eigenvalue weighted by Gasteiger charge is -2.32. The number of ketones is 1. The van der Waals surface area contributed by atoms with Gasteiger partial charge in [-0.3, -0.25) is 14.6 Å². The quantitative estimate of drug-likeness (QED) is 0.245. The molecule has 9 heteroatoms. The van der Waals surface area contributed by atoms with Crippen LogP contribution in [0.25, 0.3) is 0 Å². The summed E-state index contributed by atoms with van der Waals surface area (Å²) in [6.07, 6.45) is 5.84. The highest BCUT2D eigenvalue weighted by atomic mass is 35.5. The van der Waals surface area contributed by atoms with Gasteiger partial charge in [-0.05, 0) is 110 Å². The Bertz CT molecular complexity index is 1350. The van der Waals surface area contributed by atoms with E-state index in [1.165, 1.54) is 28.8 Å². The summed E-state index contributed by atoms with van der Waals surface area (Å²) in [6.45, 7) is 5.50. The number of fused-ring (bicyclic) bond motifs is 1. The molecule has 0 radical (unpaired) electrons. The molecule has 2 amide bonds. The second-order valence-electron chi connectivity index (χ2n) is 11.5. The summed E-state index contributed by atoms with van der Waals surface area (Å²) >= 11 is 0. The van der Waals surface area contributed by atoms with E-state index in [9.17, 15) is 14.0 Å². The number of rotatable bonds is 9. The third-order valence-electron chi connectivity index (χ3n) is 8.47. The van der Waals surface area contributed by atoms with E-state index in [0.717, 1.165) is 88.2 Å². The smallest absolute Gasteiger partial charge is 0.318 e. The Labute approximate surface area is 267 Å². The molecule has 2 N–H and O–H groups in total. The molecule has 0 aromatic heterocycles. The average Bonchev–Trinajstić information content (AvgIpc) is 3.19. The van der Waals surface area contributed by atoms with Crippen molar-refractivity contribution in [3.63, 3.8) is 0 Å². The summed E-state index contributed by atoms with van der Waals surface area (Å²) < 4.78 is 13.3. The number of hydrogen-bond acceptors (Lipinski definition) is 4. The lowest BCUT2D eigenvalue weighted by Crippen LogP contribution is -2.33. The normalized spacial score (nSPS) is 15.8. The molecular weight excluding hydrogens is 586 g/mol. The molecule has 0 spiro atoms. The van der Waals surface area contributed by atoms with Gasteiger partial charge in [0.1, 0.15) is 5.82 Å². The van der Waals surface area contributed by atoms with Gasteiger partial charge in [-0.25, -0.2) is 9.18 Å². The van der Waals surface area contributed by atoms with Crippen molar-refractivity contribution >= 4 is 42.3 Å². The van der Waals surface area contributed by atoms with E-state index in [-0.39, 0.29) is 42.4 Å². The third kappa shape index (κ3) is 10.0. The SMILES string of the molecule is CNC(=O)Nc1cccc(CN2CCC(CCC(=O)c3ccc4c(c3)CN(Cc3ccc(F)cc3)CCC4)CC2)c1.Cl.Cl. The highest BCUT2D eigenvalue weighted by Crippen LogP contribution is 2.26. The molecule has 0 aliphatic carbocycles. The molecule has 6 nitrogen and oxygen atoms in total. The number of carbonyl (C=O) groups excluding carboxylic acids is 2. The molecule has 0 saturated carbocycles. The minimum atomic E-state index is -0.216. The first-order valence-corrected chi connectivity index (χ1v) is 14.9. The molecule has 2 aliphatic rings. The highest BCUT2D eigenvalue weighted by Gasteiger charge is 2.22. The van der Waals surface area contributed by atoms with Crippen molar-refractivity contribution in [2.45, 2.75) is 58.2 Å². The Hall–Kier alpha value is -2.97. The van der Waals surface area contributed by atoms with Crippen LogP contribution in [0.4, 0.5) is 14.9 Å². The first-order valence-electron chi connectivity index (χ1n) is 14.9. The zero-order valence-corrected chi connectivity index (χ0v) is 26.5. The minimum Gasteiger partial charge on any atom is -0.341 e. The molecule has 0 bridgehead atoms. The van der Waals surface area contributed by atoms with Gasteiger partial charge in [0.15, 0.2) is 5.78 Å². The Balaban J connectivity index is 0.00000253. The van der Waals surface area contributed by atoms with E-state index in [1.54, 1.807) is 7.05 Å². The monoisotopic (exact) mass is 628 g/mol. The van der Waals surface area contributed by atoms with Crippen molar-refractivity contribution in [2.24, 2.45) is 5.92 Å². The molecule has 1 saturated heterocycles. The van der Waals surface area contributed by atoms with Crippen molar-refractivity contribution in [2.75, 3.05) is 32.0 Å². The Morgan fingerprint density at radius 3 is 2.35 bits per heavy atom. The summed E-state index contributed by atoms with van der Waals surface area (Å²) in [5.74, 6) is 0.608. The summed E-state index contributed by atoms with van der Waals surface area (Å²) in [4.78, 5) is 29.7. The fourth-order valence-electron chi connectivity index (χ4n) is 6.10. The van der Waals surface area contributed by atoms with Gasteiger partial charge in [0.2, 0.25) is 0 Å². The topological polar surface area (TPSA) is 64.7 Å². The van der Waals surface area contributed by atoms with E-state index in [4.69, 9.17) is 0 Å². The van der Waals surface area contributed by atoms with Gasteiger partial charge in [0.05, 0.1) is 0 Å². The maximum absolute atomic E-state index is 13.3. The number of amides is 2. The minimum absolute atomic E-state index is 0. The summed E-state index contributed by atoms with van der Waals surface area (Å²) in [6, 6.07) is 20.8. The van der Waals surface area contributed by atoms with E-state index in [1.807, 2.05) is 36.4 Å². The van der Waals surface area contributed by atoms with Crippen LogP contribution in [-0.4, -0.2) is 48.3 Å². The number of nitrogens with one attached hydrogen (secondary N) is 2. The molecule has 232 valence electrons. The zero-order chi connectivity index (χ0) is 28.6. The van der Waals surface area contributed by atoms with Crippen LogP contribution in [0.2, 0.25) is 0 Å². The third-order valence-corrected chi connectivity index (χ3v) is 8.47. The van der Waals surface area contributed by atoms with Crippen molar-refractivity contribution in [3.8, 4) is 0 Å². The largest absolute Gasteiger partial charge is 0.341 e. The number of halogens is 3. The molecule has 43 heavy (non-hydrogen) atoms. The number of likely N-dealkylation sites (tertiary alicyclic amines) is 1. The number of anilines is 1. The lowest BCUT2D eigenvalue weighted by atomic mass is 9.89. The number of carbonyl (C=O) groups is 2. The number of piperidine rings is 1. The highest BCUT2D eigenvalue weighted by molar-refractivity contribution is 5.96. The van der Waals surface area contributed by atoms with Crippen LogP contribution in [-0.2, 0) is 26.1 Å². The zero-order valence-electron chi connectivity index (χ0n) is 24.8. The summed E-state index contributed by atoms with van der Waals surface area (Å²) in [7, 11) is 1.61. The van der Waals surface area contributed by atoms with E-state index in [0.29, 0.717) is 12.3 Å². The molecule has 0 unspecified atom stereocenters. The van der Waals surface area contributed by atoms with Gasteiger partial charge >= 0.3 is 6.03 Å². The Kier molecular flexibility index (Phi) is 13.5. The van der Waals surface area contributed by atoms with Crippen LogP contribution in [0, 0.1) is 11.7 Å². The fraction of sp³-hybridized carbons (Fsp3) is 0.412. The van der Waals surface area contributed by atoms with Crippen LogP contribution in [0.5, 0.6) is 0 Å². The predicted octanol–water partition coefficient (Wildman–Crippen LogP) is 7.24. The number of benzene rings is 3. The van der Waals surface area contributed by atoms with Crippen molar-refractivity contribution in [1.82, 2.24) is 15.1 Å². The Morgan fingerprint density at radius 1 is 0.860 bits per heavy atom. The fourth-order valence-corrected chi connectivity index (χ4v) is 6.10. The number of urea groups is 1. The maximum Gasteiger partial charge on any atom is 0.318 e. The molecule has 2 heterocycles. The maximum atomic E-state index is 13.3. The average molecular weight is 630 g/mol. The van der Waals surface area contributed by atoms with Gasteiger partial charge in [-0.15, -0.1) is 24.8 Å². The van der Waals surface area contributed by atoms with Crippen molar-refractivity contribution in [1.29, 1.82) is 0 Å². The van der Waals surface area contributed by atoms with Crippen molar-refractivity contribution in [3.05, 3.63) is 100 Å². The standard InChI is InChI=1S/C34H41FN4O2.2ClH/c1-36-34(41)37-32-6-2-4-27(20-32)23-38-18-15-25(16-19-38)9-14-33(40)29-11-10-28-5-3-17-39(24-30(28)21-29)22-26-7-12-31(35)13-8-26;;/h2,4,6-8,10-13,20-21,25H,3,5,9,14-19,22-24H2,1H3,(H2,36,37,41);2*1H. The van der Waals surface area contributed by atoms with Crippen molar-refractivity contribution < 1.29 is 14.0 Å². The van der Waals surface area contributed by atoms with E-state index >= 15 is 0 Å². The number of Topliss-reactive ketones (excluding diaryl/α,β-unsaturated/α-hetero) is 1. The van der Waals surface area contributed by atoms with Gasteiger partial charge in [-0.2, -0.15) is 0 Å². The van der Waals surface area contributed by atoms with Crippen LogP contribution >= 0.6 is 24.8 Å². The van der Waals surface area contributed by atoms with Crippen LogP contribution in [0.15, 0.2) is 66.7 Å². The number of nitrogens with zero attached hydrogens (tertiary/aromatic N) is 2. The van der Waals surface area contributed by atoms with Gasteiger partial charge < -0.3 is 10.6 Å². The summed E-state index contributed by atoms with van der Waals surface area (Å²) in [5, 5.41) is 5.42. The van der Waals surface area contributed by atoms with E-state index < -0.39 is 0 Å². The van der Waals surface area contributed by atoms with Crippen LogP contribution in [0.3, 0.4) is 0 Å². The van der Waals surface area contributed by atoms with Gasteiger partial charge in [-0.1, -0.05) is 36.4 Å². The van der Waals surface area contributed by atoms with Gasteiger partial charge in [0, 0.05) is 44.4 Å². The lowest BCUT2D eigenvalue weighted by molar-refractivity contribution is 0.0961. The van der Waals surface area contributed by atoms with Crippen LogP contribution < -0.4 is 10.6 Å². The first-order chi connectivity index (χ1) is 19.9. The molecule has 5 rings (SSSR count). The molecule has 1 fully saturated rings. The van der Waals surface area contributed by atoms with Crippen LogP contribution in [0.1, 0.15) is 64.7 Å². The number of aryl methyl sites for hydroxylation is 1. The molecular formula is C34H43Cl2FN4O2. The first kappa shape index (κ1) is 34.5.